The first kappa shape index (κ1) is 11.1. The van der Waals surface area contributed by atoms with Gasteiger partial charge in [-0.3, -0.25) is 0 Å². The molecule has 0 aliphatic rings. The molecule has 0 heterocycles. The lowest BCUT2D eigenvalue weighted by Crippen LogP contribution is -2.07. The van der Waals surface area contributed by atoms with Crippen LogP contribution in [0.5, 0.6) is 5.75 Å². The first-order valence-electron chi connectivity index (χ1n) is 4.38. The maximum Gasteiger partial charge on any atom is 0.144 e. The zero-order valence-electron chi connectivity index (χ0n) is 8.30. The van der Waals surface area contributed by atoms with E-state index in [0.717, 1.165) is 17.0 Å². The lowest BCUT2D eigenvalue weighted by molar-refractivity contribution is 0.311. The Morgan fingerprint density at radius 3 is 2.79 bits per heavy atom. The molecule has 0 radical (unpaired) electrons. The molecule has 0 aliphatic heterocycles. The maximum atomic E-state index is 8.69. The molecule has 0 bridgehead atoms. The highest BCUT2D eigenvalue weighted by molar-refractivity contribution is 6.31. The second-order valence-electron chi connectivity index (χ2n) is 2.95. The molecule has 14 heavy (non-hydrogen) atoms. The van der Waals surface area contributed by atoms with Gasteiger partial charge in [0.25, 0.3) is 0 Å². The van der Waals surface area contributed by atoms with Crippen LogP contribution in [-0.4, -0.2) is 25.4 Å². The van der Waals surface area contributed by atoms with Crippen molar-refractivity contribution >= 4 is 17.3 Å². The smallest absolute Gasteiger partial charge is 0.144 e. The summed E-state index contributed by atoms with van der Waals surface area (Å²) >= 11 is 5.90. The molecular formula is C10H14ClNO2. The zero-order valence-corrected chi connectivity index (χ0v) is 9.06. The SMILES string of the molecule is COc1c(C)cc(Cl)cc1NCCO. The molecular weight excluding hydrogens is 202 g/mol. The summed E-state index contributed by atoms with van der Waals surface area (Å²) in [6.45, 7) is 2.49. The van der Waals surface area contributed by atoms with Gasteiger partial charge >= 0.3 is 0 Å². The number of aryl methyl sites for hydroxylation is 1. The number of aliphatic hydroxyl groups excluding tert-OH is 1. The topological polar surface area (TPSA) is 41.5 Å². The Kier molecular flexibility index (Phi) is 4.04. The zero-order chi connectivity index (χ0) is 10.6. The number of benzene rings is 1. The number of hydrogen-bond acceptors (Lipinski definition) is 3. The van der Waals surface area contributed by atoms with E-state index in [4.69, 9.17) is 21.4 Å². The largest absolute Gasteiger partial charge is 0.494 e. The number of methoxy groups -OCH3 is 1. The number of nitrogens with one attached hydrogen (secondary N) is 1. The summed E-state index contributed by atoms with van der Waals surface area (Å²) in [7, 11) is 1.61. The molecule has 78 valence electrons. The number of rotatable bonds is 4. The van der Waals surface area contributed by atoms with Gasteiger partial charge in [0.15, 0.2) is 0 Å². The molecule has 0 saturated carbocycles. The molecule has 0 saturated heterocycles. The van der Waals surface area contributed by atoms with Crippen molar-refractivity contribution in [1.29, 1.82) is 0 Å². The Balaban J connectivity index is 2.99. The molecule has 3 nitrogen and oxygen atoms in total. The van der Waals surface area contributed by atoms with Crippen LogP contribution in [0.4, 0.5) is 5.69 Å². The van der Waals surface area contributed by atoms with Gasteiger partial charge in [-0.05, 0) is 24.6 Å². The molecule has 0 fully saturated rings. The monoisotopic (exact) mass is 215 g/mol. The Hall–Kier alpha value is -0.930. The number of halogens is 1. The van der Waals surface area contributed by atoms with E-state index < -0.39 is 0 Å². The van der Waals surface area contributed by atoms with E-state index in [1.54, 1.807) is 13.2 Å². The van der Waals surface area contributed by atoms with E-state index in [9.17, 15) is 0 Å². The Labute approximate surface area is 88.7 Å². The highest BCUT2D eigenvalue weighted by Gasteiger charge is 2.06. The second kappa shape index (κ2) is 5.08. The molecule has 0 aromatic heterocycles. The predicted molar refractivity (Wildman–Crippen MR) is 58.3 cm³/mol. The fourth-order valence-corrected chi connectivity index (χ4v) is 1.60. The Morgan fingerprint density at radius 1 is 1.50 bits per heavy atom. The van der Waals surface area contributed by atoms with Crippen molar-refractivity contribution in [3.8, 4) is 5.75 Å². The normalized spacial score (nSPS) is 10.0. The Morgan fingerprint density at radius 2 is 2.21 bits per heavy atom. The van der Waals surface area contributed by atoms with Crippen molar-refractivity contribution in [2.75, 3.05) is 25.6 Å². The maximum absolute atomic E-state index is 8.69. The third kappa shape index (κ3) is 2.53. The highest BCUT2D eigenvalue weighted by atomic mass is 35.5. The molecule has 4 heteroatoms. The number of anilines is 1. The molecule has 1 rings (SSSR count). The molecule has 2 N–H and O–H groups in total. The quantitative estimate of drug-likeness (QED) is 0.808. The molecule has 0 unspecified atom stereocenters. The first-order valence-corrected chi connectivity index (χ1v) is 4.75. The average molecular weight is 216 g/mol. The van der Waals surface area contributed by atoms with Gasteiger partial charge in [0.2, 0.25) is 0 Å². The van der Waals surface area contributed by atoms with E-state index in [1.165, 1.54) is 0 Å². The summed E-state index contributed by atoms with van der Waals surface area (Å²) in [5, 5.41) is 12.4. The minimum Gasteiger partial charge on any atom is -0.494 e. The number of hydrogen-bond donors (Lipinski definition) is 2. The van der Waals surface area contributed by atoms with Crippen molar-refractivity contribution in [3.63, 3.8) is 0 Å². The molecule has 0 spiro atoms. The summed E-state index contributed by atoms with van der Waals surface area (Å²) in [4.78, 5) is 0. The summed E-state index contributed by atoms with van der Waals surface area (Å²) in [5.74, 6) is 0.767. The van der Waals surface area contributed by atoms with Crippen LogP contribution in [0.15, 0.2) is 12.1 Å². The fraction of sp³-hybridized carbons (Fsp3) is 0.400. The standard InChI is InChI=1S/C10H14ClNO2/c1-7-5-8(11)6-9(10(7)14-2)12-3-4-13/h5-6,12-13H,3-4H2,1-2H3. The summed E-state index contributed by atoms with van der Waals surface area (Å²) in [6, 6.07) is 3.62. The highest BCUT2D eigenvalue weighted by Crippen LogP contribution is 2.31. The van der Waals surface area contributed by atoms with Crippen LogP contribution < -0.4 is 10.1 Å². The van der Waals surface area contributed by atoms with Crippen LogP contribution in [-0.2, 0) is 0 Å². The third-order valence-electron chi connectivity index (χ3n) is 1.87. The van der Waals surface area contributed by atoms with Gasteiger partial charge in [-0.1, -0.05) is 11.6 Å². The van der Waals surface area contributed by atoms with Crippen molar-refractivity contribution in [3.05, 3.63) is 22.7 Å². The van der Waals surface area contributed by atoms with Crippen LogP contribution in [0.25, 0.3) is 0 Å². The second-order valence-corrected chi connectivity index (χ2v) is 3.39. The van der Waals surface area contributed by atoms with Gasteiger partial charge < -0.3 is 15.2 Å². The van der Waals surface area contributed by atoms with Crippen LogP contribution in [0.3, 0.4) is 0 Å². The van der Waals surface area contributed by atoms with Crippen LogP contribution in [0.2, 0.25) is 5.02 Å². The third-order valence-corrected chi connectivity index (χ3v) is 2.09. The van der Waals surface area contributed by atoms with Crippen LogP contribution in [0.1, 0.15) is 5.56 Å². The van der Waals surface area contributed by atoms with Gasteiger partial charge in [-0.25, -0.2) is 0 Å². The van der Waals surface area contributed by atoms with Crippen molar-refractivity contribution < 1.29 is 9.84 Å². The molecule has 1 aromatic rings. The van der Waals surface area contributed by atoms with Gasteiger partial charge in [0.1, 0.15) is 5.75 Å². The summed E-state index contributed by atoms with van der Waals surface area (Å²) in [6.07, 6.45) is 0. The lowest BCUT2D eigenvalue weighted by atomic mass is 10.2. The Bertz CT molecular complexity index is 315. The van der Waals surface area contributed by atoms with Crippen LogP contribution >= 0.6 is 11.6 Å². The minimum absolute atomic E-state index is 0.0781. The minimum atomic E-state index is 0.0781. The van der Waals surface area contributed by atoms with Gasteiger partial charge in [0.05, 0.1) is 19.4 Å². The van der Waals surface area contributed by atoms with E-state index in [1.807, 2.05) is 13.0 Å². The molecule has 0 atom stereocenters. The van der Waals surface area contributed by atoms with E-state index in [0.29, 0.717) is 11.6 Å². The molecule has 0 aliphatic carbocycles. The van der Waals surface area contributed by atoms with Gasteiger partial charge in [-0.2, -0.15) is 0 Å². The average Bonchev–Trinajstić information content (AvgIpc) is 2.14. The first-order chi connectivity index (χ1) is 6.69. The van der Waals surface area contributed by atoms with Gasteiger partial charge in [0, 0.05) is 11.6 Å². The lowest BCUT2D eigenvalue weighted by Gasteiger charge is -2.13. The van der Waals surface area contributed by atoms with Crippen molar-refractivity contribution in [2.24, 2.45) is 0 Å². The van der Waals surface area contributed by atoms with Gasteiger partial charge in [-0.15, -0.1) is 0 Å². The van der Waals surface area contributed by atoms with E-state index in [2.05, 4.69) is 5.32 Å². The van der Waals surface area contributed by atoms with E-state index in [-0.39, 0.29) is 6.61 Å². The van der Waals surface area contributed by atoms with E-state index >= 15 is 0 Å². The summed E-state index contributed by atoms with van der Waals surface area (Å²) in [5.41, 5.74) is 1.78. The summed E-state index contributed by atoms with van der Waals surface area (Å²) < 4.78 is 5.23. The molecule has 1 aromatic carbocycles. The number of aliphatic hydroxyl groups is 1. The molecule has 0 amide bonds. The van der Waals surface area contributed by atoms with Crippen LogP contribution in [0, 0.1) is 6.92 Å². The predicted octanol–water partition coefficient (Wildman–Crippen LogP) is 2.06. The fourth-order valence-electron chi connectivity index (χ4n) is 1.32. The van der Waals surface area contributed by atoms with Crippen molar-refractivity contribution in [1.82, 2.24) is 0 Å². The number of ether oxygens (including phenoxy) is 1. The van der Waals surface area contributed by atoms with Crippen molar-refractivity contribution in [2.45, 2.75) is 6.92 Å².